The molecule has 0 aliphatic carbocycles. The third kappa shape index (κ3) is 2.52. The van der Waals surface area contributed by atoms with Crippen molar-refractivity contribution in [2.24, 2.45) is 0 Å². The summed E-state index contributed by atoms with van der Waals surface area (Å²) in [4.78, 5) is 9.69. The smallest absolute Gasteiger partial charge is 0.200 e. The second kappa shape index (κ2) is 4.54. The molecule has 0 bridgehead atoms. The Kier molecular flexibility index (Phi) is 3.32. The Bertz CT molecular complexity index is 313. The van der Waals surface area contributed by atoms with Crippen LogP contribution in [0.4, 0.5) is 0 Å². The molecule has 0 spiro atoms. The van der Waals surface area contributed by atoms with Crippen LogP contribution in [0.15, 0.2) is 6.20 Å². The summed E-state index contributed by atoms with van der Waals surface area (Å²) in [6.45, 7) is 6.87. The van der Waals surface area contributed by atoms with E-state index < -0.39 is 0 Å². The van der Waals surface area contributed by atoms with Crippen LogP contribution in [0.2, 0.25) is 5.28 Å². The van der Waals surface area contributed by atoms with Gasteiger partial charge in [-0.3, -0.25) is 0 Å². The fourth-order valence-electron chi connectivity index (χ4n) is 2.24. The Labute approximate surface area is 95.8 Å². The number of likely N-dealkylation sites (tertiary alicyclic amines) is 1. The molecule has 84 valence electrons. The number of nitrogens with one attached hydrogen (secondary N) is 1. The van der Waals surface area contributed by atoms with E-state index in [4.69, 9.17) is 11.6 Å². The van der Waals surface area contributed by atoms with Crippen LogP contribution in [0.1, 0.15) is 38.3 Å². The highest BCUT2D eigenvalue weighted by Crippen LogP contribution is 2.27. The molecule has 4 heteroatoms. The van der Waals surface area contributed by atoms with Gasteiger partial charge in [0.05, 0.1) is 0 Å². The monoisotopic (exact) mass is 227 g/mol. The van der Waals surface area contributed by atoms with Gasteiger partial charge in [-0.2, -0.15) is 0 Å². The summed E-state index contributed by atoms with van der Waals surface area (Å²) < 4.78 is 0. The predicted octanol–water partition coefficient (Wildman–Crippen LogP) is 2.65. The summed E-state index contributed by atoms with van der Waals surface area (Å²) in [5, 5.41) is 0.510. The number of hydrogen-bond donors (Lipinski definition) is 1. The van der Waals surface area contributed by atoms with Crippen LogP contribution in [-0.4, -0.2) is 34.0 Å². The number of imidazole rings is 1. The molecule has 15 heavy (non-hydrogen) atoms. The Balaban J connectivity index is 1.93. The second-order valence-corrected chi connectivity index (χ2v) is 4.89. The van der Waals surface area contributed by atoms with Crippen molar-refractivity contribution in [3.8, 4) is 0 Å². The summed E-state index contributed by atoms with van der Waals surface area (Å²) in [6.07, 6.45) is 4.28. The zero-order valence-electron chi connectivity index (χ0n) is 9.33. The summed E-state index contributed by atoms with van der Waals surface area (Å²) in [6, 6.07) is 0.663. The average molecular weight is 228 g/mol. The first-order valence-electron chi connectivity index (χ1n) is 5.61. The van der Waals surface area contributed by atoms with E-state index in [0.29, 0.717) is 17.2 Å². The molecule has 1 aromatic heterocycles. The second-order valence-electron chi connectivity index (χ2n) is 4.53. The number of H-pyrrole nitrogens is 1. The molecule has 0 amide bonds. The molecule has 1 N–H and O–H groups in total. The SMILES string of the molecule is CC(C)N1CCC(c2cnc(Cl)[nH]2)CC1. The molecule has 2 rings (SSSR count). The normalized spacial score (nSPS) is 20.0. The Morgan fingerprint density at radius 1 is 1.47 bits per heavy atom. The van der Waals surface area contributed by atoms with E-state index in [9.17, 15) is 0 Å². The van der Waals surface area contributed by atoms with Crippen LogP contribution in [0, 0.1) is 0 Å². The van der Waals surface area contributed by atoms with Gasteiger partial charge in [-0.1, -0.05) is 0 Å². The van der Waals surface area contributed by atoms with E-state index in [1.165, 1.54) is 31.6 Å². The fourth-order valence-corrected chi connectivity index (χ4v) is 2.40. The van der Waals surface area contributed by atoms with Crippen molar-refractivity contribution in [3.63, 3.8) is 0 Å². The zero-order chi connectivity index (χ0) is 10.8. The first kappa shape index (κ1) is 11.0. The van der Waals surface area contributed by atoms with Crippen LogP contribution in [0.25, 0.3) is 0 Å². The van der Waals surface area contributed by atoms with Crippen LogP contribution < -0.4 is 0 Å². The van der Waals surface area contributed by atoms with Gasteiger partial charge in [0, 0.05) is 23.9 Å². The van der Waals surface area contributed by atoms with Crippen molar-refractivity contribution in [2.45, 2.75) is 38.6 Å². The average Bonchev–Trinajstić information content (AvgIpc) is 2.65. The molecule has 1 aliphatic heterocycles. The Morgan fingerprint density at radius 3 is 2.60 bits per heavy atom. The highest BCUT2D eigenvalue weighted by Gasteiger charge is 2.22. The number of aromatic nitrogens is 2. The van der Waals surface area contributed by atoms with Gasteiger partial charge in [0.15, 0.2) is 5.28 Å². The van der Waals surface area contributed by atoms with Gasteiger partial charge in [-0.15, -0.1) is 0 Å². The molecule has 0 atom stereocenters. The lowest BCUT2D eigenvalue weighted by molar-refractivity contribution is 0.171. The van der Waals surface area contributed by atoms with E-state index in [2.05, 4.69) is 28.7 Å². The molecule has 0 saturated carbocycles. The number of rotatable bonds is 2. The molecule has 1 fully saturated rings. The first-order chi connectivity index (χ1) is 7.16. The molecule has 2 heterocycles. The highest BCUT2D eigenvalue weighted by molar-refractivity contribution is 6.28. The maximum absolute atomic E-state index is 5.78. The molecular weight excluding hydrogens is 210 g/mol. The van der Waals surface area contributed by atoms with Crippen LogP contribution >= 0.6 is 11.6 Å². The molecule has 1 saturated heterocycles. The molecule has 1 aliphatic rings. The fraction of sp³-hybridized carbons (Fsp3) is 0.727. The van der Waals surface area contributed by atoms with Gasteiger partial charge in [0.1, 0.15) is 0 Å². The number of hydrogen-bond acceptors (Lipinski definition) is 2. The number of piperidine rings is 1. The van der Waals surface area contributed by atoms with Gasteiger partial charge in [0.2, 0.25) is 0 Å². The van der Waals surface area contributed by atoms with Gasteiger partial charge >= 0.3 is 0 Å². The third-order valence-electron chi connectivity index (χ3n) is 3.26. The standard InChI is InChI=1S/C11H18ClN3/c1-8(2)15-5-3-9(4-6-15)10-7-13-11(12)14-10/h7-9H,3-6H2,1-2H3,(H,13,14). The van der Waals surface area contributed by atoms with Crippen LogP contribution in [0.3, 0.4) is 0 Å². The summed E-state index contributed by atoms with van der Waals surface area (Å²) in [5.41, 5.74) is 1.20. The molecule has 0 unspecified atom stereocenters. The highest BCUT2D eigenvalue weighted by atomic mass is 35.5. The molecule has 3 nitrogen and oxygen atoms in total. The van der Waals surface area contributed by atoms with Crippen molar-refractivity contribution in [1.29, 1.82) is 0 Å². The van der Waals surface area contributed by atoms with Gasteiger partial charge in [-0.25, -0.2) is 4.98 Å². The predicted molar refractivity (Wildman–Crippen MR) is 62.3 cm³/mol. The maximum atomic E-state index is 5.78. The summed E-state index contributed by atoms with van der Waals surface area (Å²) in [7, 11) is 0. The lowest BCUT2D eigenvalue weighted by Crippen LogP contribution is -2.37. The number of nitrogens with zero attached hydrogens (tertiary/aromatic N) is 2. The minimum Gasteiger partial charge on any atom is -0.332 e. The molecular formula is C11H18ClN3. The van der Waals surface area contributed by atoms with Gasteiger partial charge in [-0.05, 0) is 51.4 Å². The zero-order valence-corrected chi connectivity index (χ0v) is 10.1. The molecule has 0 radical (unpaired) electrons. The van der Waals surface area contributed by atoms with E-state index in [1.807, 2.05) is 6.20 Å². The minimum atomic E-state index is 0.510. The quantitative estimate of drug-likeness (QED) is 0.843. The Morgan fingerprint density at radius 2 is 2.13 bits per heavy atom. The van der Waals surface area contributed by atoms with Crippen molar-refractivity contribution < 1.29 is 0 Å². The number of aromatic amines is 1. The van der Waals surface area contributed by atoms with Crippen LogP contribution in [-0.2, 0) is 0 Å². The van der Waals surface area contributed by atoms with Crippen LogP contribution in [0.5, 0.6) is 0 Å². The first-order valence-corrected chi connectivity index (χ1v) is 5.99. The van der Waals surface area contributed by atoms with Crippen molar-refractivity contribution >= 4 is 11.6 Å². The van der Waals surface area contributed by atoms with Gasteiger partial charge < -0.3 is 9.88 Å². The maximum Gasteiger partial charge on any atom is 0.200 e. The Hall–Kier alpha value is -0.540. The van der Waals surface area contributed by atoms with Crippen molar-refractivity contribution in [2.75, 3.05) is 13.1 Å². The van der Waals surface area contributed by atoms with E-state index in [1.54, 1.807) is 0 Å². The lowest BCUT2D eigenvalue weighted by atomic mass is 9.93. The summed E-state index contributed by atoms with van der Waals surface area (Å²) in [5.74, 6) is 0.611. The summed E-state index contributed by atoms with van der Waals surface area (Å²) >= 11 is 5.78. The largest absolute Gasteiger partial charge is 0.332 e. The van der Waals surface area contributed by atoms with Crippen molar-refractivity contribution in [3.05, 3.63) is 17.2 Å². The number of halogens is 1. The van der Waals surface area contributed by atoms with Gasteiger partial charge in [0.25, 0.3) is 0 Å². The van der Waals surface area contributed by atoms with E-state index >= 15 is 0 Å². The van der Waals surface area contributed by atoms with E-state index in [-0.39, 0.29) is 0 Å². The third-order valence-corrected chi connectivity index (χ3v) is 3.46. The van der Waals surface area contributed by atoms with Crippen molar-refractivity contribution in [1.82, 2.24) is 14.9 Å². The molecule has 1 aromatic rings. The lowest BCUT2D eigenvalue weighted by Gasteiger charge is -2.34. The van der Waals surface area contributed by atoms with E-state index in [0.717, 1.165) is 0 Å². The molecule has 0 aromatic carbocycles. The topological polar surface area (TPSA) is 31.9 Å². The minimum absolute atomic E-state index is 0.510.